The van der Waals surface area contributed by atoms with E-state index in [1.54, 1.807) is 36.6 Å². The summed E-state index contributed by atoms with van der Waals surface area (Å²) in [7, 11) is 1.67. The number of carbonyl (C=O) groups excluding carboxylic acids is 1. The number of anilines is 1. The Morgan fingerprint density at radius 1 is 1.13 bits per heavy atom. The van der Waals surface area contributed by atoms with Gasteiger partial charge in [0.25, 0.3) is 5.91 Å². The van der Waals surface area contributed by atoms with Gasteiger partial charge >= 0.3 is 0 Å². The number of nitrogens with two attached hydrogens (primary N) is 1. The molecule has 0 atom stereocenters. The molecule has 6 nitrogen and oxygen atoms in total. The van der Waals surface area contributed by atoms with E-state index in [-0.39, 0.29) is 5.69 Å². The number of methoxy groups -OCH3 is 1. The van der Waals surface area contributed by atoms with Crippen LogP contribution in [0.2, 0.25) is 0 Å². The number of rotatable bonds is 7. The predicted octanol–water partition coefficient (Wildman–Crippen LogP) is 6.25. The largest absolute Gasteiger partial charge is 0.496 e. The van der Waals surface area contributed by atoms with Gasteiger partial charge in [0.1, 0.15) is 17.3 Å². The van der Waals surface area contributed by atoms with Crippen molar-refractivity contribution in [1.82, 2.24) is 9.97 Å². The van der Waals surface area contributed by atoms with Gasteiger partial charge in [-0.25, -0.2) is 14.4 Å². The highest BCUT2D eigenvalue weighted by molar-refractivity contribution is 7.15. The Labute approximate surface area is 226 Å². The molecule has 1 aliphatic heterocycles. The number of carbonyl (C=O) groups is 1. The molecule has 38 heavy (non-hydrogen) atoms. The first-order chi connectivity index (χ1) is 18.3. The average Bonchev–Trinajstić information content (AvgIpc) is 3.38. The molecule has 3 heterocycles. The summed E-state index contributed by atoms with van der Waals surface area (Å²) in [6, 6.07) is 16.7. The van der Waals surface area contributed by atoms with Crippen LogP contribution in [0.4, 0.5) is 10.2 Å². The van der Waals surface area contributed by atoms with Gasteiger partial charge in [0.2, 0.25) is 0 Å². The molecular formula is C30H31FN4O2S. The molecule has 0 spiro atoms. The van der Waals surface area contributed by atoms with Crippen molar-refractivity contribution in [3.63, 3.8) is 0 Å². The van der Waals surface area contributed by atoms with Crippen molar-refractivity contribution in [3.8, 4) is 27.4 Å². The van der Waals surface area contributed by atoms with Crippen molar-refractivity contribution in [2.45, 2.75) is 33.1 Å². The first kappa shape index (κ1) is 25.9. The summed E-state index contributed by atoms with van der Waals surface area (Å²) in [6.07, 6.45) is 2.43. The average molecular weight is 531 g/mol. The van der Waals surface area contributed by atoms with Crippen LogP contribution in [0, 0.1) is 18.7 Å². The summed E-state index contributed by atoms with van der Waals surface area (Å²) in [5, 5.41) is 0. The van der Waals surface area contributed by atoms with Crippen LogP contribution in [0.5, 0.6) is 5.75 Å². The fraction of sp³-hybridized carbons (Fsp3) is 0.300. The van der Waals surface area contributed by atoms with Gasteiger partial charge in [-0.2, -0.15) is 0 Å². The van der Waals surface area contributed by atoms with E-state index in [0.29, 0.717) is 35.1 Å². The van der Waals surface area contributed by atoms with Crippen molar-refractivity contribution < 1.29 is 13.9 Å². The van der Waals surface area contributed by atoms with Gasteiger partial charge in [0.05, 0.1) is 12.8 Å². The van der Waals surface area contributed by atoms with Gasteiger partial charge < -0.3 is 15.4 Å². The van der Waals surface area contributed by atoms with Crippen LogP contribution in [0.1, 0.15) is 46.4 Å². The zero-order chi connectivity index (χ0) is 26.8. The molecule has 1 saturated heterocycles. The number of amides is 1. The number of ether oxygens (including phenoxy) is 1. The first-order valence-corrected chi connectivity index (χ1v) is 13.6. The molecule has 0 radical (unpaired) electrons. The van der Waals surface area contributed by atoms with Crippen LogP contribution >= 0.6 is 11.3 Å². The molecule has 4 aromatic rings. The van der Waals surface area contributed by atoms with E-state index in [1.165, 1.54) is 6.07 Å². The van der Waals surface area contributed by atoms with Gasteiger partial charge in [0, 0.05) is 34.8 Å². The fourth-order valence-electron chi connectivity index (χ4n) is 4.88. The lowest BCUT2D eigenvalue weighted by atomic mass is 9.98. The summed E-state index contributed by atoms with van der Waals surface area (Å²) >= 11 is 1.63. The highest BCUT2D eigenvalue weighted by Gasteiger charge is 2.26. The van der Waals surface area contributed by atoms with E-state index in [0.717, 1.165) is 52.6 Å². The number of hydrogen-bond acceptors (Lipinski definition) is 6. The fourth-order valence-corrected chi connectivity index (χ4v) is 5.89. The Kier molecular flexibility index (Phi) is 7.42. The highest BCUT2D eigenvalue weighted by Crippen LogP contribution is 2.35. The zero-order valence-electron chi connectivity index (χ0n) is 21.8. The SMILES string of the molecule is COc1ccc(-c2ccc(Cc3nc(N4CCC(C)CC4)c(-c4ccccc4F)nc3C(N)=O)s2)cc1C. The molecule has 0 unspecified atom stereocenters. The first-order valence-electron chi connectivity index (χ1n) is 12.8. The van der Waals surface area contributed by atoms with E-state index in [4.69, 9.17) is 15.5 Å². The minimum Gasteiger partial charge on any atom is -0.496 e. The van der Waals surface area contributed by atoms with Crippen LogP contribution in [-0.4, -0.2) is 36.1 Å². The molecule has 1 fully saturated rings. The van der Waals surface area contributed by atoms with E-state index in [9.17, 15) is 9.18 Å². The summed E-state index contributed by atoms with van der Waals surface area (Å²) < 4.78 is 20.3. The van der Waals surface area contributed by atoms with Crippen LogP contribution in [-0.2, 0) is 6.42 Å². The lowest BCUT2D eigenvalue weighted by molar-refractivity contribution is 0.0994. The number of piperidine rings is 1. The normalized spacial score (nSPS) is 14.1. The van der Waals surface area contributed by atoms with Crippen LogP contribution in [0.25, 0.3) is 21.7 Å². The zero-order valence-corrected chi connectivity index (χ0v) is 22.6. The molecule has 0 bridgehead atoms. The summed E-state index contributed by atoms with van der Waals surface area (Å²) in [5.74, 6) is 0.985. The Morgan fingerprint density at radius 3 is 2.58 bits per heavy atom. The van der Waals surface area contributed by atoms with Gasteiger partial charge in [-0.3, -0.25) is 4.79 Å². The third-order valence-electron chi connectivity index (χ3n) is 7.08. The monoisotopic (exact) mass is 530 g/mol. The maximum absolute atomic E-state index is 14.9. The van der Waals surface area contributed by atoms with Gasteiger partial charge in [-0.1, -0.05) is 19.1 Å². The Hall–Kier alpha value is -3.78. The van der Waals surface area contributed by atoms with Crippen LogP contribution in [0.3, 0.4) is 0 Å². The number of benzene rings is 2. The standard InChI is InChI=1S/C30H31FN4O2S/c1-18-12-14-35(15-13-18)30-27(22-6-4-5-7-23(22)31)34-28(29(32)36)24(33-30)17-21-9-11-26(38-21)20-8-10-25(37-3)19(2)16-20/h4-11,16,18H,12-15,17H2,1-3H3,(H2,32,36). The van der Waals surface area contributed by atoms with Crippen molar-refractivity contribution in [1.29, 1.82) is 0 Å². The topological polar surface area (TPSA) is 81.3 Å². The van der Waals surface area contributed by atoms with Crippen molar-refractivity contribution in [2.24, 2.45) is 11.7 Å². The predicted molar refractivity (Wildman–Crippen MR) is 150 cm³/mol. The van der Waals surface area contributed by atoms with Crippen LogP contribution in [0.15, 0.2) is 54.6 Å². The Balaban J connectivity index is 1.55. The number of primary amides is 1. The number of halogens is 1. The number of aryl methyl sites for hydroxylation is 1. The Bertz CT molecular complexity index is 1480. The van der Waals surface area contributed by atoms with Crippen molar-refractivity contribution >= 4 is 23.1 Å². The number of nitrogens with zero attached hydrogens (tertiary/aromatic N) is 3. The molecule has 2 N–H and O–H groups in total. The minimum absolute atomic E-state index is 0.0765. The van der Waals surface area contributed by atoms with Gasteiger partial charge in [-0.05, 0) is 79.3 Å². The molecule has 5 rings (SSSR count). The van der Waals surface area contributed by atoms with E-state index >= 15 is 0 Å². The molecule has 2 aromatic heterocycles. The van der Waals surface area contributed by atoms with E-state index in [2.05, 4.69) is 28.9 Å². The molecular weight excluding hydrogens is 499 g/mol. The number of aromatic nitrogens is 2. The van der Waals surface area contributed by atoms with Gasteiger partial charge in [0.15, 0.2) is 11.5 Å². The quantitative estimate of drug-likeness (QED) is 0.305. The number of hydrogen-bond donors (Lipinski definition) is 1. The van der Waals surface area contributed by atoms with Gasteiger partial charge in [-0.15, -0.1) is 11.3 Å². The second-order valence-electron chi connectivity index (χ2n) is 9.83. The smallest absolute Gasteiger partial charge is 0.269 e. The van der Waals surface area contributed by atoms with Crippen molar-refractivity contribution in [3.05, 3.63) is 82.2 Å². The van der Waals surface area contributed by atoms with E-state index in [1.807, 2.05) is 25.1 Å². The van der Waals surface area contributed by atoms with Crippen LogP contribution < -0.4 is 15.4 Å². The molecule has 0 saturated carbocycles. The number of thiophene rings is 1. The lowest BCUT2D eigenvalue weighted by Crippen LogP contribution is -2.34. The van der Waals surface area contributed by atoms with Crippen molar-refractivity contribution in [2.75, 3.05) is 25.1 Å². The Morgan fingerprint density at radius 2 is 1.89 bits per heavy atom. The van der Waals surface area contributed by atoms with E-state index < -0.39 is 11.7 Å². The third-order valence-corrected chi connectivity index (χ3v) is 8.21. The highest BCUT2D eigenvalue weighted by atomic mass is 32.1. The third kappa shape index (κ3) is 5.27. The maximum Gasteiger partial charge on any atom is 0.269 e. The summed E-state index contributed by atoms with van der Waals surface area (Å²) in [4.78, 5) is 26.5. The molecule has 8 heteroatoms. The minimum atomic E-state index is -0.675. The summed E-state index contributed by atoms with van der Waals surface area (Å²) in [5.41, 5.74) is 9.19. The second-order valence-corrected chi connectivity index (χ2v) is 11.0. The molecule has 1 amide bonds. The molecule has 1 aliphatic rings. The summed E-state index contributed by atoms with van der Waals surface area (Å²) in [6.45, 7) is 5.85. The molecule has 2 aromatic carbocycles. The maximum atomic E-state index is 14.9. The second kappa shape index (κ2) is 10.9. The molecule has 196 valence electrons. The lowest BCUT2D eigenvalue weighted by Gasteiger charge is -2.32. The molecule has 0 aliphatic carbocycles.